The Morgan fingerprint density at radius 1 is 1.15 bits per heavy atom. The lowest BCUT2D eigenvalue weighted by Gasteiger charge is -2.13. The monoisotopic (exact) mass is 401 g/mol. The molecule has 6 nitrogen and oxygen atoms in total. The maximum absolute atomic E-state index is 6.46. The zero-order chi connectivity index (χ0) is 18.8. The molecule has 1 aromatic carbocycles. The first-order chi connectivity index (χ1) is 13.2. The second-order valence-corrected chi connectivity index (χ2v) is 6.89. The summed E-state index contributed by atoms with van der Waals surface area (Å²) in [6, 6.07) is 11.1. The van der Waals surface area contributed by atoms with Gasteiger partial charge in [-0.05, 0) is 24.6 Å². The van der Waals surface area contributed by atoms with Crippen LogP contribution in [0.4, 0.5) is 0 Å². The minimum atomic E-state index is -0.613. The Bertz CT molecular complexity index is 1000. The smallest absolute Gasteiger partial charge is 0.209 e. The van der Waals surface area contributed by atoms with E-state index in [1.54, 1.807) is 12.4 Å². The highest BCUT2D eigenvalue weighted by atomic mass is 35.5. The summed E-state index contributed by atoms with van der Waals surface area (Å²) in [5.41, 5.74) is 2.76. The number of hydrogen-bond donors (Lipinski definition) is 0. The third kappa shape index (κ3) is 3.48. The number of aliphatic imine (C=N–C) groups is 1. The minimum absolute atomic E-state index is 0.369. The standard InChI is InChI=1S/C19H17Cl2N5O/c1-2-3-10-27-19-18-25-22-11-26(18)14-8-9-15(21)23-17(14)16(24-19)12-6-4-5-7-13(12)20/h4-9,11,19H,2-3,10H2,1H3. The summed E-state index contributed by atoms with van der Waals surface area (Å²) < 4.78 is 7.86. The molecule has 8 heteroatoms. The van der Waals surface area contributed by atoms with E-state index in [1.807, 2.05) is 34.9 Å². The number of fused-ring (bicyclic) bond motifs is 3. The molecule has 27 heavy (non-hydrogen) atoms. The molecule has 0 aliphatic carbocycles. The Labute approximate surface area is 166 Å². The van der Waals surface area contributed by atoms with Crippen molar-refractivity contribution in [2.24, 2.45) is 4.99 Å². The highest BCUT2D eigenvalue weighted by Gasteiger charge is 2.28. The predicted molar refractivity (Wildman–Crippen MR) is 105 cm³/mol. The summed E-state index contributed by atoms with van der Waals surface area (Å²) in [7, 11) is 0. The van der Waals surface area contributed by atoms with Crippen LogP contribution in [0, 0.1) is 0 Å². The van der Waals surface area contributed by atoms with E-state index in [0.29, 0.717) is 34.0 Å². The van der Waals surface area contributed by atoms with Crippen LogP contribution in [0.1, 0.15) is 43.1 Å². The second kappa shape index (κ2) is 7.76. The number of rotatable bonds is 5. The molecule has 0 radical (unpaired) electrons. The Morgan fingerprint density at radius 2 is 2.00 bits per heavy atom. The van der Waals surface area contributed by atoms with Gasteiger partial charge in [0.05, 0.1) is 16.4 Å². The molecule has 3 heterocycles. The molecule has 3 aromatic rings. The van der Waals surface area contributed by atoms with Crippen molar-refractivity contribution >= 4 is 28.9 Å². The van der Waals surface area contributed by atoms with Gasteiger partial charge in [0.2, 0.25) is 6.23 Å². The summed E-state index contributed by atoms with van der Waals surface area (Å²) in [6.07, 6.45) is 2.97. The van der Waals surface area contributed by atoms with E-state index in [1.165, 1.54) is 0 Å². The summed E-state index contributed by atoms with van der Waals surface area (Å²) in [4.78, 5) is 9.37. The van der Waals surface area contributed by atoms with Gasteiger partial charge in [0, 0.05) is 12.2 Å². The number of aromatic nitrogens is 4. The van der Waals surface area contributed by atoms with Crippen molar-refractivity contribution in [3.05, 3.63) is 70.0 Å². The molecule has 0 bridgehead atoms. The van der Waals surface area contributed by atoms with Gasteiger partial charge in [-0.25, -0.2) is 9.98 Å². The summed E-state index contributed by atoms with van der Waals surface area (Å²) in [5, 5.41) is 9.22. The topological polar surface area (TPSA) is 65.2 Å². The van der Waals surface area contributed by atoms with E-state index in [9.17, 15) is 0 Å². The van der Waals surface area contributed by atoms with Gasteiger partial charge in [-0.3, -0.25) is 4.57 Å². The van der Waals surface area contributed by atoms with Crippen LogP contribution in [0.25, 0.3) is 5.69 Å². The molecule has 0 saturated heterocycles. The fourth-order valence-electron chi connectivity index (χ4n) is 2.93. The molecule has 0 fully saturated rings. The average Bonchev–Trinajstić information content (AvgIpc) is 3.11. The van der Waals surface area contributed by atoms with Gasteiger partial charge in [-0.1, -0.05) is 54.7 Å². The zero-order valence-corrected chi connectivity index (χ0v) is 16.2. The molecule has 1 aliphatic heterocycles. The first-order valence-electron chi connectivity index (χ1n) is 8.70. The molecule has 0 saturated carbocycles. The van der Waals surface area contributed by atoms with Gasteiger partial charge >= 0.3 is 0 Å². The number of benzene rings is 1. The van der Waals surface area contributed by atoms with Crippen LogP contribution in [-0.4, -0.2) is 32.1 Å². The summed E-state index contributed by atoms with van der Waals surface area (Å²) in [6.45, 7) is 2.68. The maximum Gasteiger partial charge on any atom is 0.209 e. The van der Waals surface area contributed by atoms with Crippen LogP contribution < -0.4 is 0 Å². The Hall–Kier alpha value is -2.28. The minimum Gasteiger partial charge on any atom is -0.349 e. The van der Waals surface area contributed by atoms with Crippen LogP contribution in [0.3, 0.4) is 0 Å². The molecular formula is C19H17Cl2N5O. The van der Waals surface area contributed by atoms with Crippen molar-refractivity contribution in [3.63, 3.8) is 0 Å². The quantitative estimate of drug-likeness (QED) is 0.461. The van der Waals surface area contributed by atoms with E-state index < -0.39 is 6.23 Å². The normalized spacial score (nSPS) is 15.7. The van der Waals surface area contributed by atoms with Crippen molar-refractivity contribution < 1.29 is 4.74 Å². The molecule has 2 aromatic heterocycles. The molecule has 1 unspecified atom stereocenters. The van der Waals surface area contributed by atoms with Crippen LogP contribution in [0.2, 0.25) is 10.2 Å². The number of halogens is 2. The van der Waals surface area contributed by atoms with E-state index in [-0.39, 0.29) is 0 Å². The van der Waals surface area contributed by atoms with Crippen molar-refractivity contribution in [2.45, 2.75) is 26.0 Å². The van der Waals surface area contributed by atoms with Crippen molar-refractivity contribution in [1.82, 2.24) is 19.7 Å². The van der Waals surface area contributed by atoms with Gasteiger partial charge in [0.15, 0.2) is 5.82 Å². The second-order valence-electron chi connectivity index (χ2n) is 6.10. The SMILES string of the molecule is CCCCOC1N=C(c2ccccc2Cl)c2nc(Cl)ccc2-n2cnnc21. The van der Waals surface area contributed by atoms with Crippen LogP contribution >= 0.6 is 23.2 Å². The van der Waals surface area contributed by atoms with Gasteiger partial charge in [0.25, 0.3) is 0 Å². The summed E-state index contributed by atoms with van der Waals surface area (Å²) >= 11 is 12.7. The lowest BCUT2D eigenvalue weighted by Crippen LogP contribution is -2.11. The highest BCUT2D eigenvalue weighted by Crippen LogP contribution is 2.32. The first-order valence-corrected chi connectivity index (χ1v) is 9.46. The van der Waals surface area contributed by atoms with E-state index >= 15 is 0 Å². The first kappa shape index (κ1) is 18.1. The van der Waals surface area contributed by atoms with E-state index in [4.69, 9.17) is 32.9 Å². The largest absolute Gasteiger partial charge is 0.349 e. The van der Waals surface area contributed by atoms with Gasteiger partial charge in [0.1, 0.15) is 17.2 Å². The molecular weight excluding hydrogens is 385 g/mol. The molecule has 0 spiro atoms. The average molecular weight is 402 g/mol. The Balaban J connectivity index is 1.93. The van der Waals surface area contributed by atoms with Gasteiger partial charge in [-0.15, -0.1) is 10.2 Å². The lowest BCUT2D eigenvalue weighted by molar-refractivity contribution is 0.0503. The predicted octanol–water partition coefficient (Wildman–Crippen LogP) is 4.64. The molecule has 1 aliphatic rings. The number of pyridine rings is 1. The third-order valence-corrected chi connectivity index (χ3v) is 4.81. The Kier molecular flexibility index (Phi) is 5.20. The van der Waals surface area contributed by atoms with Crippen molar-refractivity contribution in [1.29, 1.82) is 0 Å². The number of ether oxygens (including phenoxy) is 1. The molecule has 4 rings (SSSR count). The zero-order valence-electron chi connectivity index (χ0n) is 14.6. The number of unbranched alkanes of at least 4 members (excludes halogenated alkanes) is 1. The molecule has 1 atom stereocenters. The van der Waals surface area contributed by atoms with Crippen LogP contribution in [0.15, 0.2) is 47.7 Å². The maximum atomic E-state index is 6.46. The molecule has 0 N–H and O–H groups in total. The third-order valence-electron chi connectivity index (χ3n) is 4.27. The molecule has 138 valence electrons. The highest BCUT2D eigenvalue weighted by molar-refractivity contribution is 6.35. The number of hydrogen-bond acceptors (Lipinski definition) is 5. The summed E-state index contributed by atoms with van der Waals surface area (Å²) in [5.74, 6) is 0.596. The van der Waals surface area contributed by atoms with Crippen molar-refractivity contribution in [3.8, 4) is 5.69 Å². The van der Waals surface area contributed by atoms with Crippen molar-refractivity contribution in [2.75, 3.05) is 6.61 Å². The Morgan fingerprint density at radius 3 is 2.81 bits per heavy atom. The van der Waals surface area contributed by atoms with E-state index in [2.05, 4.69) is 22.1 Å². The van der Waals surface area contributed by atoms with E-state index in [0.717, 1.165) is 24.1 Å². The fraction of sp³-hybridized carbons (Fsp3) is 0.263. The van der Waals surface area contributed by atoms with Gasteiger partial charge < -0.3 is 4.74 Å². The lowest BCUT2D eigenvalue weighted by atomic mass is 10.1. The number of nitrogens with zero attached hydrogens (tertiary/aromatic N) is 5. The van der Waals surface area contributed by atoms with Gasteiger partial charge in [-0.2, -0.15) is 0 Å². The van der Waals surface area contributed by atoms with Crippen LogP contribution in [-0.2, 0) is 4.74 Å². The molecule has 0 amide bonds. The fourth-order valence-corrected chi connectivity index (χ4v) is 3.30. The van der Waals surface area contributed by atoms with Crippen LogP contribution in [0.5, 0.6) is 0 Å².